The van der Waals surface area contributed by atoms with Gasteiger partial charge in [0.1, 0.15) is 17.7 Å². The summed E-state index contributed by atoms with van der Waals surface area (Å²) in [6, 6.07) is 12.1. The van der Waals surface area contributed by atoms with E-state index in [4.69, 9.17) is 9.47 Å². The predicted octanol–water partition coefficient (Wildman–Crippen LogP) is 3.53. The van der Waals surface area contributed by atoms with Gasteiger partial charge < -0.3 is 14.6 Å². The van der Waals surface area contributed by atoms with Crippen LogP contribution in [-0.4, -0.2) is 12.2 Å². The second-order valence-electron chi connectivity index (χ2n) is 5.22. The maximum Gasteiger partial charge on any atom is 0.127 e. The number of ether oxygens (including phenoxy) is 2. The second kappa shape index (κ2) is 5.84. The lowest BCUT2D eigenvalue weighted by molar-refractivity contribution is 0.0652. The Bertz CT molecular complexity index is 642. The van der Waals surface area contributed by atoms with Gasteiger partial charge in [-0.3, -0.25) is 0 Å². The molecule has 0 saturated heterocycles. The number of fused-ring (bicyclic) bond motifs is 1. The summed E-state index contributed by atoms with van der Waals surface area (Å²) in [5.41, 5.74) is 2.55. The van der Waals surface area contributed by atoms with Crippen LogP contribution < -0.4 is 4.74 Å². The summed E-state index contributed by atoms with van der Waals surface area (Å²) < 4.78 is 24.3. The van der Waals surface area contributed by atoms with Crippen LogP contribution in [0, 0.1) is 5.82 Å². The predicted molar refractivity (Wildman–Crippen MR) is 76.5 cm³/mol. The van der Waals surface area contributed by atoms with E-state index in [1.807, 2.05) is 24.3 Å². The van der Waals surface area contributed by atoms with Crippen LogP contribution in [0.3, 0.4) is 0 Å². The lowest BCUT2D eigenvalue weighted by atomic mass is 9.94. The van der Waals surface area contributed by atoms with E-state index in [1.165, 1.54) is 12.1 Å². The molecule has 1 N–H and O–H groups in total. The number of halogens is 1. The van der Waals surface area contributed by atoms with Gasteiger partial charge in [-0.05, 0) is 35.4 Å². The van der Waals surface area contributed by atoms with Crippen LogP contribution in [0.25, 0.3) is 0 Å². The van der Waals surface area contributed by atoms with Crippen molar-refractivity contribution >= 4 is 0 Å². The molecule has 1 aliphatic heterocycles. The molecule has 2 aromatic rings. The van der Waals surface area contributed by atoms with Gasteiger partial charge in [-0.25, -0.2) is 4.39 Å². The van der Waals surface area contributed by atoms with E-state index in [-0.39, 0.29) is 11.9 Å². The highest BCUT2D eigenvalue weighted by Gasteiger charge is 2.28. The molecule has 0 radical (unpaired) electrons. The first-order valence-corrected chi connectivity index (χ1v) is 6.89. The summed E-state index contributed by atoms with van der Waals surface area (Å²) in [5, 5.41) is 10.2. The molecule has 3 rings (SSSR count). The Morgan fingerprint density at radius 1 is 1.29 bits per heavy atom. The maximum atomic E-state index is 13.2. The molecule has 4 heteroatoms. The topological polar surface area (TPSA) is 38.7 Å². The van der Waals surface area contributed by atoms with E-state index in [2.05, 4.69) is 0 Å². The van der Waals surface area contributed by atoms with E-state index in [0.717, 1.165) is 11.1 Å². The smallest absolute Gasteiger partial charge is 0.127 e. The molecule has 3 nitrogen and oxygen atoms in total. The number of aliphatic hydroxyl groups excluding tert-OH is 1. The standard InChI is InChI=1S/C17H17FO3/c1-20-10-11-3-2-4-12(7-11)17-9-15(19)14-8-13(18)5-6-16(14)21-17/h2-8,15,17,19H,9-10H2,1H3. The van der Waals surface area contributed by atoms with Gasteiger partial charge in [-0.15, -0.1) is 0 Å². The fourth-order valence-electron chi connectivity index (χ4n) is 2.67. The molecule has 0 spiro atoms. The van der Waals surface area contributed by atoms with Crippen molar-refractivity contribution in [3.8, 4) is 5.75 Å². The zero-order valence-electron chi connectivity index (χ0n) is 11.8. The van der Waals surface area contributed by atoms with E-state index in [0.29, 0.717) is 24.3 Å². The van der Waals surface area contributed by atoms with Crippen molar-refractivity contribution in [3.63, 3.8) is 0 Å². The number of methoxy groups -OCH3 is 1. The van der Waals surface area contributed by atoms with E-state index < -0.39 is 6.10 Å². The Morgan fingerprint density at radius 2 is 2.14 bits per heavy atom. The average Bonchev–Trinajstić information content (AvgIpc) is 2.48. The highest BCUT2D eigenvalue weighted by Crippen LogP contribution is 2.41. The molecule has 0 bridgehead atoms. The Balaban J connectivity index is 1.88. The van der Waals surface area contributed by atoms with Gasteiger partial charge in [0.15, 0.2) is 0 Å². The molecule has 0 fully saturated rings. The largest absolute Gasteiger partial charge is 0.485 e. The van der Waals surface area contributed by atoms with Crippen LogP contribution in [0.5, 0.6) is 5.75 Å². The van der Waals surface area contributed by atoms with Crippen molar-refractivity contribution in [2.24, 2.45) is 0 Å². The SMILES string of the molecule is COCc1cccc(C2CC(O)c3cc(F)ccc3O2)c1. The number of hydrogen-bond donors (Lipinski definition) is 1. The molecular weight excluding hydrogens is 271 g/mol. The van der Waals surface area contributed by atoms with Crippen molar-refractivity contribution in [1.29, 1.82) is 0 Å². The maximum absolute atomic E-state index is 13.2. The third-order valence-corrected chi connectivity index (χ3v) is 3.67. The third kappa shape index (κ3) is 2.91. The van der Waals surface area contributed by atoms with Crippen molar-refractivity contribution < 1.29 is 19.0 Å². The Morgan fingerprint density at radius 3 is 2.95 bits per heavy atom. The Labute approximate surface area is 122 Å². The van der Waals surface area contributed by atoms with E-state index in [9.17, 15) is 9.50 Å². The molecule has 2 aromatic carbocycles. The molecule has 0 aromatic heterocycles. The molecule has 1 heterocycles. The molecule has 0 saturated carbocycles. The first-order chi connectivity index (χ1) is 10.2. The van der Waals surface area contributed by atoms with Crippen LogP contribution >= 0.6 is 0 Å². The number of rotatable bonds is 3. The normalized spacial score (nSPS) is 20.7. The number of aliphatic hydroxyl groups is 1. The molecule has 21 heavy (non-hydrogen) atoms. The van der Waals surface area contributed by atoms with Crippen molar-refractivity contribution in [3.05, 3.63) is 65.0 Å². The van der Waals surface area contributed by atoms with E-state index in [1.54, 1.807) is 13.2 Å². The van der Waals surface area contributed by atoms with Crippen LogP contribution in [-0.2, 0) is 11.3 Å². The highest BCUT2D eigenvalue weighted by atomic mass is 19.1. The monoisotopic (exact) mass is 288 g/mol. The lowest BCUT2D eigenvalue weighted by Gasteiger charge is -2.30. The zero-order chi connectivity index (χ0) is 14.8. The van der Waals surface area contributed by atoms with Gasteiger partial charge in [-0.1, -0.05) is 18.2 Å². The molecule has 0 aliphatic carbocycles. The molecule has 110 valence electrons. The van der Waals surface area contributed by atoms with Gasteiger partial charge in [0.05, 0.1) is 12.7 Å². The first-order valence-electron chi connectivity index (χ1n) is 6.89. The Kier molecular flexibility index (Phi) is 3.90. The lowest BCUT2D eigenvalue weighted by Crippen LogP contribution is -2.19. The minimum atomic E-state index is -0.722. The minimum Gasteiger partial charge on any atom is -0.485 e. The molecule has 0 amide bonds. The zero-order valence-corrected chi connectivity index (χ0v) is 11.8. The average molecular weight is 288 g/mol. The summed E-state index contributed by atoms with van der Waals surface area (Å²) in [6.45, 7) is 0.533. The molecule has 2 unspecified atom stereocenters. The quantitative estimate of drug-likeness (QED) is 0.939. The summed E-state index contributed by atoms with van der Waals surface area (Å²) in [7, 11) is 1.65. The van der Waals surface area contributed by atoms with Crippen LogP contribution in [0.1, 0.15) is 35.3 Å². The first kappa shape index (κ1) is 14.0. The van der Waals surface area contributed by atoms with Gasteiger partial charge in [0.25, 0.3) is 0 Å². The summed E-state index contributed by atoms with van der Waals surface area (Å²) in [4.78, 5) is 0. The highest BCUT2D eigenvalue weighted by molar-refractivity contribution is 5.39. The second-order valence-corrected chi connectivity index (χ2v) is 5.22. The Hall–Kier alpha value is -1.91. The van der Waals surface area contributed by atoms with Gasteiger partial charge >= 0.3 is 0 Å². The van der Waals surface area contributed by atoms with Crippen LogP contribution in [0.15, 0.2) is 42.5 Å². The van der Waals surface area contributed by atoms with Gasteiger partial charge in [0.2, 0.25) is 0 Å². The molecule has 1 aliphatic rings. The minimum absolute atomic E-state index is 0.241. The summed E-state index contributed by atoms with van der Waals surface area (Å²) >= 11 is 0. The van der Waals surface area contributed by atoms with Gasteiger partial charge in [-0.2, -0.15) is 0 Å². The van der Waals surface area contributed by atoms with Crippen molar-refractivity contribution in [2.75, 3.05) is 7.11 Å². The summed E-state index contributed by atoms with van der Waals surface area (Å²) in [6.07, 6.45) is -0.553. The van der Waals surface area contributed by atoms with Crippen molar-refractivity contribution in [2.45, 2.75) is 25.2 Å². The fourth-order valence-corrected chi connectivity index (χ4v) is 2.67. The third-order valence-electron chi connectivity index (χ3n) is 3.67. The van der Waals surface area contributed by atoms with Crippen LogP contribution in [0.4, 0.5) is 4.39 Å². The number of hydrogen-bond acceptors (Lipinski definition) is 3. The number of benzene rings is 2. The molecule has 2 atom stereocenters. The summed E-state index contributed by atoms with van der Waals surface area (Å²) in [5.74, 6) is 0.175. The van der Waals surface area contributed by atoms with Crippen LogP contribution in [0.2, 0.25) is 0 Å². The van der Waals surface area contributed by atoms with E-state index >= 15 is 0 Å². The fraction of sp³-hybridized carbons (Fsp3) is 0.294. The van der Waals surface area contributed by atoms with Crippen molar-refractivity contribution in [1.82, 2.24) is 0 Å². The molecular formula is C17H17FO3. The van der Waals surface area contributed by atoms with Gasteiger partial charge in [0, 0.05) is 19.1 Å².